The minimum absolute atomic E-state index is 0.0468. The zero-order valence-corrected chi connectivity index (χ0v) is 16.4. The molecule has 3 rings (SSSR count). The Bertz CT molecular complexity index is 765. The number of hydrogen-bond donors (Lipinski definition) is 1. The zero-order chi connectivity index (χ0) is 20.4. The fraction of sp³-hybridized carbons (Fsp3) is 0.524. The van der Waals surface area contributed by atoms with Crippen LogP contribution in [0.2, 0.25) is 0 Å². The summed E-state index contributed by atoms with van der Waals surface area (Å²) in [6.45, 7) is 5.29. The third-order valence-electron chi connectivity index (χ3n) is 5.17. The fourth-order valence-electron chi connectivity index (χ4n) is 3.49. The molecular formula is C21H26N2O5. The van der Waals surface area contributed by atoms with Crippen LogP contribution >= 0.6 is 0 Å². The molecule has 7 heteroatoms. The predicted molar refractivity (Wildman–Crippen MR) is 101 cm³/mol. The van der Waals surface area contributed by atoms with Crippen molar-refractivity contribution >= 4 is 23.7 Å². The molecule has 2 aliphatic rings. The summed E-state index contributed by atoms with van der Waals surface area (Å²) in [6, 6.07) is 5.48. The first kappa shape index (κ1) is 20.0. The van der Waals surface area contributed by atoms with Gasteiger partial charge in [0.05, 0.1) is 11.1 Å². The highest BCUT2D eigenvalue weighted by molar-refractivity contribution is 6.22. The molecule has 0 saturated heterocycles. The number of imide groups is 1. The third-order valence-corrected chi connectivity index (χ3v) is 5.17. The number of hydrogen-bond acceptors (Lipinski definition) is 5. The van der Waals surface area contributed by atoms with Crippen molar-refractivity contribution in [3.05, 3.63) is 35.4 Å². The molecule has 1 aliphatic carbocycles. The second-order valence-electron chi connectivity index (χ2n) is 7.97. The topological polar surface area (TPSA) is 92.8 Å². The van der Waals surface area contributed by atoms with E-state index in [-0.39, 0.29) is 35.4 Å². The van der Waals surface area contributed by atoms with Gasteiger partial charge in [0, 0.05) is 6.04 Å². The molecule has 0 radical (unpaired) electrons. The van der Waals surface area contributed by atoms with Crippen LogP contribution in [-0.4, -0.2) is 47.3 Å². The average molecular weight is 386 g/mol. The number of amides is 3. The maximum absolute atomic E-state index is 12.7. The monoisotopic (exact) mass is 386 g/mol. The van der Waals surface area contributed by atoms with Gasteiger partial charge in [0.1, 0.15) is 6.04 Å². The second-order valence-corrected chi connectivity index (χ2v) is 7.97. The number of esters is 1. The summed E-state index contributed by atoms with van der Waals surface area (Å²) >= 11 is 0. The average Bonchev–Trinajstić information content (AvgIpc) is 3.47. The van der Waals surface area contributed by atoms with Crippen molar-refractivity contribution in [2.45, 2.75) is 52.1 Å². The maximum Gasteiger partial charge on any atom is 0.329 e. The second kappa shape index (κ2) is 8.12. The molecule has 0 bridgehead atoms. The number of ether oxygens (including phenoxy) is 1. The van der Waals surface area contributed by atoms with Crippen LogP contribution in [0.25, 0.3) is 0 Å². The molecule has 1 N–H and O–H groups in total. The molecule has 7 nitrogen and oxygen atoms in total. The Hall–Kier alpha value is -2.70. The molecule has 1 aromatic rings. The van der Waals surface area contributed by atoms with E-state index in [0.717, 1.165) is 17.7 Å². The summed E-state index contributed by atoms with van der Waals surface area (Å²) < 4.78 is 5.18. The molecule has 1 saturated carbocycles. The van der Waals surface area contributed by atoms with E-state index in [1.54, 1.807) is 24.3 Å². The molecule has 150 valence electrons. The van der Waals surface area contributed by atoms with E-state index in [1.807, 2.05) is 20.8 Å². The van der Waals surface area contributed by atoms with Crippen LogP contribution in [0.15, 0.2) is 24.3 Å². The van der Waals surface area contributed by atoms with Gasteiger partial charge < -0.3 is 10.1 Å². The Morgan fingerprint density at radius 2 is 1.68 bits per heavy atom. The molecule has 1 aliphatic heterocycles. The molecule has 28 heavy (non-hydrogen) atoms. The Morgan fingerprint density at radius 1 is 1.11 bits per heavy atom. The molecule has 2 atom stereocenters. The van der Waals surface area contributed by atoms with Gasteiger partial charge in [-0.2, -0.15) is 0 Å². The summed E-state index contributed by atoms with van der Waals surface area (Å²) in [5.74, 6) is -1.59. The van der Waals surface area contributed by atoms with Crippen molar-refractivity contribution in [2.75, 3.05) is 6.61 Å². The first-order chi connectivity index (χ1) is 13.3. The minimum atomic E-state index is -1.05. The van der Waals surface area contributed by atoms with Crippen LogP contribution in [0.3, 0.4) is 0 Å². The van der Waals surface area contributed by atoms with E-state index in [2.05, 4.69) is 5.32 Å². The van der Waals surface area contributed by atoms with Crippen molar-refractivity contribution in [1.82, 2.24) is 10.2 Å². The maximum atomic E-state index is 12.7. The summed E-state index contributed by atoms with van der Waals surface area (Å²) in [7, 11) is 0. The van der Waals surface area contributed by atoms with E-state index in [0.29, 0.717) is 5.92 Å². The molecule has 0 spiro atoms. The van der Waals surface area contributed by atoms with Crippen LogP contribution in [0.4, 0.5) is 0 Å². The molecule has 0 aromatic heterocycles. The fourth-order valence-corrected chi connectivity index (χ4v) is 3.49. The molecular weight excluding hydrogens is 360 g/mol. The molecule has 3 amide bonds. The SMILES string of the molecule is CC(C)C[C@@H](C(=O)OCC(=O)N[C@H](C)C1CC1)N1C(=O)c2ccccc2C1=O. The van der Waals surface area contributed by atoms with Crippen LogP contribution < -0.4 is 5.32 Å². The van der Waals surface area contributed by atoms with Crippen LogP contribution in [0.1, 0.15) is 60.7 Å². The Morgan fingerprint density at radius 3 is 2.18 bits per heavy atom. The van der Waals surface area contributed by atoms with E-state index >= 15 is 0 Å². The van der Waals surface area contributed by atoms with Crippen LogP contribution in [0.5, 0.6) is 0 Å². The number of carbonyl (C=O) groups is 4. The Kier molecular flexibility index (Phi) is 5.82. The van der Waals surface area contributed by atoms with Gasteiger partial charge in [-0.05, 0) is 50.2 Å². The van der Waals surface area contributed by atoms with Gasteiger partial charge in [-0.3, -0.25) is 19.3 Å². The summed E-state index contributed by atoms with van der Waals surface area (Å²) in [5, 5.41) is 2.81. The highest BCUT2D eigenvalue weighted by atomic mass is 16.5. The highest BCUT2D eigenvalue weighted by Gasteiger charge is 2.43. The smallest absolute Gasteiger partial charge is 0.329 e. The van der Waals surface area contributed by atoms with Crippen molar-refractivity contribution in [3.8, 4) is 0 Å². The number of nitrogens with zero attached hydrogens (tertiary/aromatic N) is 1. The van der Waals surface area contributed by atoms with Crippen LogP contribution in [0, 0.1) is 11.8 Å². The first-order valence-corrected chi connectivity index (χ1v) is 9.72. The van der Waals surface area contributed by atoms with Gasteiger partial charge in [0.25, 0.3) is 17.7 Å². The lowest BCUT2D eigenvalue weighted by molar-refractivity contribution is -0.153. The third kappa shape index (κ3) is 4.24. The lowest BCUT2D eigenvalue weighted by Crippen LogP contribution is -2.47. The predicted octanol–water partition coefficient (Wildman–Crippen LogP) is 2.16. The quantitative estimate of drug-likeness (QED) is 0.546. The lowest BCUT2D eigenvalue weighted by atomic mass is 10.0. The molecule has 0 unspecified atom stereocenters. The Labute approximate surface area is 164 Å². The number of benzene rings is 1. The zero-order valence-electron chi connectivity index (χ0n) is 16.4. The van der Waals surface area contributed by atoms with Gasteiger partial charge in [0.2, 0.25) is 0 Å². The molecule has 1 fully saturated rings. The summed E-state index contributed by atoms with van der Waals surface area (Å²) in [5.41, 5.74) is 0.565. The minimum Gasteiger partial charge on any atom is -0.454 e. The summed E-state index contributed by atoms with van der Waals surface area (Å²) in [6.07, 6.45) is 2.46. The van der Waals surface area contributed by atoms with Gasteiger partial charge >= 0.3 is 5.97 Å². The number of fused-ring (bicyclic) bond motifs is 1. The number of nitrogens with one attached hydrogen (secondary N) is 1. The van der Waals surface area contributed by atoms with Crippen molar-refractivity contribution in [1.29, 1.82) is 0 Å². The molecule has 1 aromatic carbocycles. The number of rotatable bonds is 8. The molecule has 1 heterocycles. The van der Waals surface area contributed by atoms with Crippen molar-refractivity contribution in [2.24, 2.45) is 11.8 Å². The van der Waals surface area contributed by atoms with E-state index in [4.69, 9.17) is 4.74 Å². The van der Waals surface area contributed by atoms with Gasteiger partial charge in [0.15, 0.2) is 6.61 Å². The first-order valence-electron chi connectivity index (χ1n) is 9.72. The normalized spacial score (nSPS) is 18.1. The Balaban J connectivity index is 1.68. The largest absolute Gasteiger partial charge is 0.454 e. The van der Waals surface area contributed by atoms with Crippen molar-refractivity contribution in [3.63, 3.8) is 0 Å². The van der Waals surface area contributed by atoms with E-state index in [9.17, 15) is 19.2 Å². The van der Waals surface area contributed by atoms with Gasteiger partial charge in [-0.1, -0.05) is 26.0 Å². The number of carbonyl (C=O) groups excluding carboxylic acids is 4. The summed E-state index contributed by atoms with van der Waals surface area (Å²) in [4.78, 5) is 51.1. The standard InChI is InChI=1S/C21H26N2O5/c1-12(2)10-17(21(27)28-11-18(24)22-13(3)14-8-9-14)23-19(25)15-6-4-5-7-16(15)20(23)26/h4-7,12-14,17H,8-11H2,1-3H3,(H,22,24)/t13-,17+/m1/s1. The van der Waals surface area contributed by atoms with Crippen molar-refractivity contribution < 1.29 is 23.9 Å². The van der Waals surface area contributed by atoms with Crippen LogP contribution in [-0.2, 0) is 14.3 Å². The van der Waals surface area contributed by atoms with E-state index in [1.165, 1.54) is 0 Å². The highest BCUT2D eigenvalue weighted by Crippen LogP contribution is 2.32. The van der Waals surface area contributed by atoms with Gasteiger partial charge in [-0.25, -0.2) is 4.79 Å². The lowest BCUT2D eigenvalue weighted by Gasteiger charge is -2.26. The van der Waals surface area contributed by atoms with Gasteiger partial charge in [-0.15, -0.1) is 0 Å². The van der Waals surface area contributed by atoms with E-state index < -0.39 is 30.4 Å².